The molecule has 1 saturated carbocycles. The van der Waals surface area contributed by atoms with Crippen LogP contribution in [0.15, 0.2) is 77.4 Å². The molecule has 0 saturated heterocycles. The third-order valence-corrected chi connectivity index (χ3v) is 6.16. The van der Waals surface area contributed by atoms with E-state index in [4.69, 9.17) is 9.15 Å². The van der Waals surface area contributed by atoms with Crippen LogP contribution in [0.5, 0.6) is 5.75 Å². The lowest BCUT2D eigenvalue weighted by Gasteiger charge is -2.32. The molecule has 2 N–H and O–H groups in total. The van der Waals surface area contributed by atoms with Gasteiger partial charge in [0, 0.05) is 11.7 Å². The normalized spacial score (nSPS) is 14.1. The highest BCUT2D eigenvalue weighted by Crippen LogP contribution is 2.30. The predicted octanol–water partition coefficient (Wildman–Crippen LogP) is 4.24. The summed E-state index contributed by atoms with van der Waals surface area (Å²) in [4.78, 5) is 41.2. The minimum atomic E-state index is -0.934. The molecule has 0 aliphatic heterocycles. The summed E-state index contributed by atoms with van der Waals surface area (Å²) in [6.07, 6.45) is 5.36. The molecule has 0 spiro atoms. The van der Waals surface area contributed by atoms with Crippen molar-refractivity contribution in [1.82, 2.24) is 10.6 Å². The Morgan fingerprint density at radius 3 is 2.36 bits per heavy atom. The summed E-state index contributed by atoms with van der Waals surface area (Å²) < 4.78 is 10.7. The van der Waals surface area contributed by atoms with Gasteiger partial charge in [-0.3, -0.25) is 19.3 Å². The smallest absolute Gasteiger partial charge is 0.287 e. The second-order valence-electron chi connectivity index (χ2n) is 8.65. The molecule has 1 atom stereocenters. The number of para-hydroxylation sites is 1. The van der Waals surface area contributed by atoms with Crippen LogP contribution in [0.3, 0.4) is 0 Å². The molecule has 1 aliphatic carbocycles. The van der Waals surface area contributed by atoms with Gasteiger partial charge in [0.15, 0.2) is 5.76 Å². The van der Waals surface area contributed by atoms with Gasteiger partial charge in [-0.25, -0.2) is 0 Å². The summed E-state index contributed by atoms with van der Waals surface area (Å²) in [5.74, 6) is -0.410. The summed E-state index contributed by atoms with van der Waals surface area (Å²) in [7, 11) is 0. The van der Waals surface area contributed by atoms with Gasteiger partial charge in [-0.15, -0.1) is 0 Å². The maximum atomic E-state index is 13.7. The molecule has 1 aromatic heterocycles. The number of carbonyl (C=O) groups excluding carboxylic acids is 3. The first kappa shape index (κ1) is 25.0. The topological polar surface area (TPSA) is 101 Å². The summed E-state index contributed by atoms with van der Waals surface area (Å²) in [5.41, 5.74) is 1.19. The number of furan rings is 1. The molecule has 1 heterocycles. The number of anilines is 1. The summed E-state index contributed by atoms with van der Waals surface area (Å²) >= 11 is 0. The van der Waals surface area contributed by atoms with Gasteiger partial charge < -0.3 is 19.8 Å². The van der Waals surface area contributed by atoms with Crippen LogP contribution < -0.4 is 20.3 Å². The van der Waals surface area contributed by atoms with Crippen LogP contribution in [0, 0.1) is 0 Å². The van der Waals surface area contributed by atoms with E-state index in [9.17, 15) is 14.4 Å². The molecule has 3 amide bonds. The predicted molar refractivity (Wildman–Crippen MR) is 136 cm³/mol. The van der Waals surface area contributed by atoms with Crippen molar-refractivity contribution < 1.29 is 23.5 Å². The van der Waals surface area contributed by atoms with Crippen molar-refractivity contribution in [3.8, 4) is 5.75 Å². The maximum Gasteiger partial charge on any atom is 0.287 e. The molecule has 4 rings (SSSR count). The molecule has 8 nitrogen and oxygen atoms in total. The number of nitrogens with zero attached hydrogens (tertiary/aromatic N) is 1. The first-order chi connectivity index (χ1) is 17.6. The van der Waals surface area contributed by atoms with Crippen molar-refractivity contribution in [3.63, 3.8) is 0 Å². The standard InChI is InChI=1S/C28H31N3O5/c1-2-35-23-16-14-20(15-17-23)26(28(34)30-21-9-6-7-10-21)31(22-11-4-3-5-12-22)25(32)19-29-27(33)24-13-8-18-36-24/h3-5,8,11-18,21,26H,2,6-7,9-10,19H2,1H3,(H,29,33)(H,30,34)/t26-/m0/s1. The average molecular weight is 490 g/mol. The Hall–Kier alpha value is -4.07. The van der Waals surface area contributed by atoms with Crippen molar-refractivity contribution in [2.45, 2.75) is 44.7 Å². The van der Waals surface area contributed by atoms with Gasteiger partial charge in [-0.2, -0.15) is 0 Å². The quantitative estimate of drug-likeness (QED) is 0.444. The Morgan fingerprint density at radius 2 is 1.72 bits per heavy atom. The van der Waals surface area contributed by atoms with Gasteiger partial charge in [0.05, 0.1) is 19.4 Å². The van der Waals surface area contributed by atoms with Gasteiger partial charge in [0.1, 0.15) is 11.8 Å². The highest BCUT2D eigenvalue weighted by atomic mass is 16.5. The van der Waals surface area contributed by atoms with Gasteiger partial charge >= 0.3 is 0 Å². The molecule has 0 unspecified atom stereocenters. The molecule has 2 aromatic carbocycles. The van der Waals surface area contributed by atoms with E-state index in [2.05, 4.69) is 10.6 Å². The molecular formula is C28H31N3O5. The van der Waals surface area contributed by atoms with E-state index in [1.165, 1.54) is 17.2 Å². The van der Waals surface area contributed by atoms with Crippen LogP contribution in [0.25, 0.3) is 0 Å². The second-order valence-corrected chi connectivity index (χ2v) is 8.65. The van der Waals surface area contributed by atoms with Gasteiger partial charge in [0.25, 0.3) is 5.91 Å². The Kier molecular flexibility index (Phi) is 8.39. The third kappa shape index (κ3) is 6.13. The minimum absolute atomic E-state index is 0.0779. The number of hydrogen-bond donors (Lipinski definition) is 2. The number of nitrogens with one attached hydrogen (secondary N) is 2. The SMILES string of the molecule is CCOc1ccc([C@@H](C(=O)NC2CCCC2)N(C(=O)CNC(=O)c2ccco2)c2ccccc2)cc1. The highest BCUT2D eigenvalue weighted by molar-refractivity contribution is 6.04. The minimum Gasteiger partial charge on any atom is -0.494 e. The number of amides is 3. The Balaban J connectivity index is 1.66. The monoisotopic (exact) mass is 489 g/mol. The fourth-order valence-electron chi connectivity index (χ4n) is 4.44. The Bertz CT molecular complexity index is 1140. The molecular weight excluding hydrogens is 458 g/mol. The first-order valence-corrected chi connectivity index (χ1v) is 12.3. The van der Waals surface area contributed by atoms with Crippen LogP contribution in [0.2, 0.25) is 0 Å². The summed E-state index contributed by atoms with van der Waals surface area (Å²) in [6, 6.07) is 18.5. The van der Waals surface area contributed by atoms with E-state index >= 15 is 0 Å². The molecule has 188 valence electrons. The van der Waals surface area contributed by atoms with E-state index in [0.29, 0.717) is 23.6 Å². The third-order valence-electron chi connectivity index (χ3n) is 6.16. The molecule has 36 heavy (non-hydrogen) atoms. The van der Waals surface area contributed by atoms with Crippen molar-refractivity contribution in [1.29, 1.82) is 0 Å². The Morgan fingerprint density at radius 1 is 1.00 bits per heavy atom. The van der Waals surface area contributed by atoms with Gasteiger partial charge in [-0.1, -0.05) is 43.2 Å². The van der Waals surface area contributed by atoms with Crippen LogP contribution in [-0.4, -0.2) is 36.9 Å². The second kappa shape index (κ2) is 12.1. The Labute approximate surface area is 210 Å². The zero-order valence-corrected chi connectivity index (χ0v) is 20.3. The lowest BCUT2D eigenvalue weighted by Crippen LogP contribution is -2.49. The number of carbonyl (C=O) groups is 3. The van der Waals surface area contributed by atoms with E-state index in [0.717, 1.165) is 25.7 Å². The number of benzene rings is 2. The fraction of sp³-hybridized carbons (Fsp3) is 0.321. The summed E-state index contributed by atoms with van der Waals surface area (Å²) in [5, 5.41) is 5.75. The van der Waals surface area contributed by atoms with Crippen LogP contribution >= 0.6 is 0 Å². The maximum absolute atomic E-state index is 13.7. The average Bonchev–Trinajstić information content (AvgIpc) is 3.62. The van der Waals surface area contributed by atoms with Crippen LogP contribution in [0.4, 0.5) is 5.69 Å². The zero-order valence-electron chi connectivity index (χ0n) is 20.3. The van der Waals surface area contributed by atoms with Crippen molar-refractivity contribution in [2.24, 2.45) is 0 Å². The molecule has 0 bridgehead atoms. The number of ether oxygens (including phenoxy) is 1. The fourth-order valence-corrected chi connectivity index (χ4v) is 4.44. The molecule has 1 fully saturated rings. The largest absolute Gasteiger partial charge is 0.494 e. The molecule has 8 heteroatoms. The molecule has 0 radical (unpaired) electrons. The number of rotatable bonds is 10. The lowest BCUT2D eigenvalue weighted by atomic mass is 10.0. The van der Waals surface area contributed by atoms with E-state index in [-0.39, 0.29) is 24.3 Å². The molecule has 1 aliphatic rings. The van der Waals surface area contributed by atoms with E-state index < -0.39 is 17.9 Å². The lowest BCUT2D eigenvalue weighted by molar-refractivity contribution is -0.126. The van der Waals surface area contributed by atoms with E-state index in [1.54, 1.807) is 54.6 Å². The van der Waals surface area contributed by atoms with E-state index in [1.807, 2.05) is 13.0 Å². The van der Waals surface area contributed by atoms with Gasteiger partial charge in [-0.05, 0) is 61.7 Å². The van der Waals surface area contributed by atoms with Crippen LogP contribution in [-0.2, 0) is 9.59 Å². The van der Waals surface area contributed by atoms with Gasteiger partial charge in [0.2, 0.25) is 11.8 Å². The van der Waals surface area contributed by atoms with Crippen LogP contribution in [0.1, 0.15) is 54.8 Å². The number of hydrogen-bond acceptors (Lipinski definition) is 5. The van der Waals surface area contributed by atoms with Crippen molar-refractivity contribution in [2.75, 3.05) is 18.1 Å². The highest BCUT2D eigenvalue weighted by Gasteiger charge is 2.34. The van der Waals surface area contributed by atoms with Crippen molar-refractivity contribution >= 4 is 23.4 Å². The van der Waals surface area contributed by atoms with Crippen molar-refractivity contribution in [3.05, 3.63) is 84.3 Å². The zero-order chi connectivity index (χ0) is 25.3. The molecule has 3 aromatic rings. The summed E-state index contributed by atoms with van der Waals surface area (Å²) in [6.45, 7) is 2.12. The first-order valence-electron chi connectivity index (χ1n) is 12.3.